The molecule has 1 N–H and O–H groups in total. The van der Waals surface area contributed by atoms with Crippen LogP contribution in [0.4, 0.5) is 0 Å². The maximum absolute atomic E-state index is 9.09. The molecular weight excluding hydrogens is 236 g/mol. The second kappa shape index (κ2) is 7.63. The fraction of sp³-hybridized carbons (Fsp3) is 0.625. The minimum Gasteiger partial charge on any atom is -0.395 e. The van der Waals surface area contributed by atoms with Crippen molar-refractivity contribution in [2.24, 2.45) is 0 Å². The van der Waals surface area contributed by atoms with Gasteiger partial charge in [-0.1, -0.05) is 37.3 Å². The van der Waals surface area contributed by atoms with Gasteiger partial charge in [0.05, 0.1) is 6.61 Å². The second-order valence-corrected chi connectivity index (χ2v) is 5.37. The second-order valence-electron chi connectivity index (χ2n) is 5.37. The molecule has 2 rings (SSSR count). The predicted octanol–water partition coefficient (Wildman–Crippen LogP) is 1.97. The highest BCUT2D eigenvalue weighted by molar-refractivity contribution is 5.14. The van der Waals surface area contributed by atoms with E-state index < -0.39 is 0 Å². The molecule has 1 saturated heterocycles. The van der Waals surface area contributed by atoms with Crippen LogP contribution in [0.15, 0.2) is 30.3 Å². The number of likely N-dealkylation sites (N-methyl/N-ethyl adjacent to an activating group) is 1. The van der Waals surface area contributed by atoms with Crippen LogP contribution in [-0.2, 0) is 6.54 Å². The molecule has 0 amide bonds. The SMILES string of the molecule is CCN(CCO)C[C@H]1CCCN1Cc1ccccc1. The van der Waals surface area contributed by atoms with Crippen molar-refractivity contribution in [3.63, 3.8) is 0 Å². The number of likely N-dealkylation sites (tertiary alicyclic amines) is 1. The van der Waals surface area contributed by atoms with Gasteiger partial charge in [-0.05, 0) is 31.5 Å². The molecule has 0 aliphatic carbocycles. The number of aliphatic hydroxyl groups excluding tert-OH is 1. The molecule has 1 atom stereocenters. The third-order valence-corrected chi connectivity index (χ3v) is 4.06. The van der Waals surface area contributed by atoms with Gasteiger partial charge in [0.15, 0.2) is 0 Å². The largest absolute Gasteiger partial charge is 0.395 e. The van der Waals surface area contributed by atoms with Crippen LogP contribution in [0.25, 0.3) is 0 Å². The normalized spacial score (nSPS) is 20.3. The molecule has 1 heterocycles. The molecule has 0 unspecified atom stereocenters. The summed E-state index contributed by atoms with van der Waals surface area (Å²) < 4.78 is 0. The van der Waals surface area contributed by atoms with Crippen LogP contribution in [-0.4, -0.2) is 53.7 Å². The topological polar surface area (TPSA) is 26.7 Å². The van der Waals surface area contributed by atoms with E-state index in [9.17, 15) is 0 Å². The summed E-state index contributed by atoms with van der Waals surface area (Å²) in [7, 11) is 0. The van der Waals surface area contributed by atoms with Gasteiger partial charge in [0.25, 0.3) is 0 Å². The Hall–Kier alpha value is -0.900. The molecule has 1 aromatic carbocycles. The first-order chi connectivity index (χ1) is 9.33. The molecule has 3 heteroatoms. The smallest absolute Gasteiger partial charge is 0.0558 e. The Labute approximate surface area is 116 Å². The average molecular weight is 262 g/mol. The molecular formula is C16H26N2O. The van der Waals surface area contributed by atoms with Crippen LogP contribution >= 0.6 is 0 Å². The number of hydrogen-bond acceptors (Lipinski definition) is 3. The zero-order chi connectivity index (χ0) is 13.5. The number of rotatable bonds is 7. The molecule has 0 saturated carbocycles. The Morgan fingerprint density at radius 3 is 2.79 bits per heavy atom. The van der Waals surface area contributed by atoms with Gasteiger partial charge in [-0.3, -0.25) is 9.80 Å². The standard InChI is InChI=1S/C16H26N2O/c1-2-17(11-12-19)14-16-9-6-10-18(16)13-15-7-4-3-5-8-15/h3-5,7-8,16,19H,2,6,9-14H2,1H3/t16-/m1/s1. The lowest BCUT2D eigenvalue weighted by Crippen LogP contribution is -2.41. The van der Waals surface area contributed by atoms with E-state index in [-0.39, 0.29) is 6.61 Å². The third-order valence-electron chi connectivity index (χ3n) is 4.06. The third kappa shape index (κ3) is 4.30. The number of nitrogens with zero attached hydrogens (tertiary/aromatic N) is 2. The number of benzene rings is 1. The van der Waals surface area contributed by atoms with E-state index in [4.69, 9.17) is 5.11 Å². The lowest BCUT2D eigenvalue weighted by atomic mass is 10.1. The van der Waals surface area contributed by atoms with E-state index >= 15 is 0 Å². The lowest BCUT2D eigenvalue weighted by molar-refractivity contribution is 0.147. The van der Waals surface area contributed by atoms with Crippen LogP contribution in [0.1, 0.15) is 25.3 Å². The molecule has 1 aliphatic rings. The van der Waals surface area contributed by atoms with Crippen molar-refractivity contribution >= 4 is 0 Å². The summed E-state index contributed by atoms with van der Waals surface area (Å²) in [6.45, 7) is 7.61. The zero-order valence-electron chi connectivity index (χ0n) is 12.0. The first-order valence-corrected chi connectivity index (χ1v) is 7.44. The van der Waals surface area contributed by atoms with Crippen molar-refractivity contribution in [2.75, 3.05) is 32.8 Å². The molecule has 0 bridgehead atoms. The summed E-state index contributed by atoms with van der Waals surface area (Å²) in [6.07, 6.45) is 2.59. The van der Waals surface area contributed by atoms with Crippen LogP contribution in [0.3, 0.4) is 0 Å². The Kier molecular flexibility index (Phi) is 5.83. The Morgan fingerprint density at radius 1 is 1.32 bits per heavy atom. The fourth-order valence-electron chi connectivity index (χ4n) is 2.95. The summed E-state index contributed by atoms with van der Waals surface area (Å²) >= 11 is 0. The van der Waals surface area contributed by atoms with Crippen LogP contribution in [0, 0.1) is 0 Å². The first kappa shape index (κ1) is 14.5. The van der Waals surface area contributed by atoms with Crippen molar-refractivity contribution in [3.05, 3.63) is 35.9 Å². The molecule has 0 radical (unpaired) electrons. The highest BCUT2D eigenvalue weighted by atomic mass is 16.3. The molecule has 0 aromatic heterocycles. The molecule has 19 heavy (non-hydrogen) atoms. The number of hydrogen-bond donors (Lipinski definition) is 1. The van der Waals surface area contributed by atoms with Gasteiger partial charge in [0, 0.05) is 25.7 Å². The molecule has 0 spiro atoms. The van der Waals surface area contributed by atoms with E-state index in [1.54, 1.807) is 0 Å². The highest BCUT2D eigenvalue weighted by Crippen LogP contribution is 2.20. The average Bonchev–Trinajstić information content (AvgIpc) is 2.86. The maximum atomic E-state index is 9.09. The van der Waals surface area contributed by atoms with Gasteiger partial charge >= 0.3 is 0 Å². The van der Waals surface area contributed by atoms with Crippen molar-refractivity contribution in [2.45, 2.75) is 32.4 Å². The van der Waals surface area contributed by atoms with Gasteiger partial charge in [-0.2, -0.15) is 0 Å². The summed E-state index contributed by atoms with van der Waals surface area (Å²) in [5, 5.41) is 9.09. The van der Waals surface area contributed by atoms with Crippen LogP contribution in [0.2, 0.25) is 0 Å². The van der Waals surface area contributed by atoms with Gasteiger partial charge in [0.2, 0.25) is 0 Å². The van der Waals surface area contributed by atoms with E-state index in [0.717, 1.165) is 26.2 Å². The van der Waals surface area contributed by atoms with E-state index in [1.165, 1.54) is 24.9 Å². The Bertz CT molecular complexity index is 355. The van der Waals surface area contributed by atoms with Gasteiger partial charge in [-0.25, -0.2) is 0 Å². The van der Waals surface area contributed by atoms with Crippen LogP contribution < -0.4 is 0 Å². The zero-order valence-corrected chi connectivity index (χ0v) is 12.0. The molecule has 1 aliphatic heterocycles. The quantitative estimate of drug-likeness (QED) is 0.814. The summed E-state index contributed by atoms with van der Waals surface area (Å²) in [5.41, 5.74) is 1.40. The van der Waals surface area contributed by atoms with Crippen LogP contribution in [0.5, 0.6) is 0 Å². The van der Waals surface area contributed by atoms with Crippen molar-refractivity contribution in [3.8, 4) is 0 Å². The summed E-state index contributed by atoms with van der Waals surface area (Å²) in [4.78, 5) is 4.95. The lowest BCUT2D eigenvalue weighted by Gasteiger charge is -2.30. The van der Waals surface area contributed by atoms with Crippen molar-refractivity contribution in [1.82, 2.24) is 9.80 Å². The van der Waals surface area contributed by atoms with Crippen molar-refractivity contribution in [1.29, 1.82) is 0 Å². The van der Waals surface area contributed by atoms with E-state index in [0.29, 0.717) is 6.04 Å². The minimum absolute atomic E-state index is 0.263. The Balaban J connectivity index is 1.89. The first-order valence-electron chi connectivity index (χ1n) is 7.44. The predicted molar refractivity (Wildman–Crippen MR) is 79.1 cm³/mol. The molecule has 1 fully saturated rings. The van der Waals surface area contributed by atoms with Crippen molar-refractivity contribution < 1.29 is 5.11 Å². The summed E-state index contributed by atoms with van der Waals surface area (Å²) in [5.74, 6) is 0. The number of aliphatic hydroxyl groups is 1. The summed E-state index contributed by atoms with van der Waals surface area (Å²) in [6, 6.07) is 11.4. The van der Waals surface area contributed by atoms with Gasteiger partial charge < -0.3 is 5.11 Å². The van der Waals surface area contributed by atoms with E-state index in [1.807, 2.05) is 0 Å². The molecule has 3 nitrogen and oxygen atoms in total. The minimum atomic E-state index is 0.263. The Morgan fingerprint density at radius 2 is 2.11 bits per heavy atom. The highest BCUT2D eigenvalue weighted by Gasteiger charge is 2.25. The van der Waals surface area contributed by atoms with Gasteiger partial charge in [-0.15, -0.1) is 0 Å². The molecule has 1 aromatic rings. The fourth-order valence-corrected chi connectivity index (χ4v) is 2.95. The van der Waals surface area contributed by atoms with E-state index in [2.05, 4.69) is 47.1 Å². The maximum Gasteiger partial charge on any atom is 0.0558 e. The molecule has 106 valence electrons. The monoisotopic (exact) mass is 262 g/mol. The van der Waals surface area contributed by atoms with Gasteiger partial charge in [0.1, 0.15) is 0 Å².